The monoisotopic (exact) mass is 957 g/mol. The molecule has 0 saturated carbocycles. The molecule has 0 bridgehead atoms. The van der Waals surface area contributed by atoms with Gasteiger partial charge in [0.2, 0.25) is 34.8 Å². The minimum atomic E-state index is -2.35. The van der Waals surface area contributed by atoms with E-state index in [0.29, 0.717) is 150 Å². The molecule has 66 heavy (non-hydrogen) atoms. The number of ether oxygens (including phenoxy) is 14. The third-order valence-corrected chi connectivity index (χ3v) is 8.64. The van der Waals surface area contributed by atoms with E-state index in [2.05, 4.69) is 4.74 Å². The van der Waals surface area contributed by atoms with E-state index in [9.17, 15) is 36.3 Å². The topological polar surface area (TPSA) is 184 Å². The molecule has 0 radical (unpaired) electrons. The molecule has 0 atom stereocenters. The summed E-state index contributed by atoms with van der Waals surface area (Å²) in [5, 5.41) is 0. The number of imide groups is 1. The Morgan fingerprint density at radius 3 is 0.894 bits per heavy atom. The Kier molecular flexibility index (Phi) is 31.0. The lowest BCUT2D eigenvalue weighted by Gasteiger charge is -2.13. The molecule has 1 aliphatic heterocycles. The fourth-order valence-electron chi connectivity index (χ4n) is 5.33. The Morgan fingerprint density at radius 1 is 0.364 bits per heavy atom. The van der Waals surface area contributed by atoms with Crippen LogP contribution in [0.1, 0.15) is 27.1 Å². The number of hydrogen-bond donors (Lipinski definition) is 0. The summed E-state index contributed by atoms with van der Waals surface area (Å²) in [7, 11) is 0. The van der Waals surface area contributed by atoms with E-state index < -0.39 is 47.2 Å². The minimum Gasteiger partial charge on any atom is -0.420 e. The number of benzene rings is 2. The van der Waals surface area contributed by atoms with Gasteiger partial charge in [-0.05, 0) is 12.1 Å². The van der Waals surface area contributed by atoms with Gasteiger partial charge in [0.15, 0.2) is 0 Å². The second-order valence-corrected chi connectivity index (χ2v) is 13.4. The van der Waals surface area contributed by atoms with Crippen LogP contribution in [0.25, 0.3) is 0 Å². The molecular formula is C43H60F5NO17. The average molecular weight is 958 g/mol. The van der Waals surface area contributed by atoms with E-state index in [0.717, 1.165) is 0 Å². The van der Waals surface area contributed by atoms with Crippen molar-refractivity contribution < 1.29 is 103 Å². The van der Waals surface area contributed by atoms with Crippen LogP contribution < -0.4 is 4.74 Å². The molecule has 0 saturated heterocycles. The van der Waals surface area contributed by atoms with Gasteiger partial charge in [0.05, 0.1) is 196 Å². The Morgan fingerprint density at radius 2 is 0.606 bits per heavy atom. The highest BCUT2D eigenvalue weighted by molar-refractivity contribution is 6.21. The highest BCUT2D eigenvalue weighted by atomic mass is 19.2. The van der Waals surface area contributed by atoms with Crippen LogP contribution in [-0.4, -0.2) is 201 Å². The summed E-state index contributed by atoms with van der Waals surface area (Å²) in [6.45, 7) is 9.19. The number of amides is 2. The summed E-state index contributed by atoms with van der Waals surface area (Å²) in [5.41, 5.74) is 0.850. The molecule has 2 amide bonds. The molecule has 1 heterocycles. The second-order valence-electron chi connectivity index (χ2n) is 13.4. The van der Waals surface area contributed by atoms with Crippen molar-refractivity contribution in [2.75, 3.05) is 178 Å². The van der Waals surface area contributed by atoms with Crippen molar-refractivity contribution in [2.45, 2.75) is 6.42 Å². The van der Waals surface area contributed by atoms with Gasteiger partial charge in [-0.2, -0.15) is 8.78 Å². The Labute approximate surface area is 379 Å². The van der Waals surface area contributed by atoms with Crippen LogP contribution in [0.15, 0.2) is 24.3 Å². The third-order valence-electron chi connectivity index (χ3n) is 8.64. The van der Waals surface area contributed by atoms with Crippen molar-refractivity contribution in [3.05, 3.63) is 64.5 Å². The summed E-state index contributed by atoms with van der Waals surface area (Å²) in [6, 6.07) is 6.76. The van der Waals surface area contributed by atoms with E-state index in [4.69, 9.17) is 61.6 Å². The van der Waals surface area contributed by atoms with Crippen LogP contribution in [0.2, 0.25) is 0 Å². The number of esters is 1. The van der Waals surface area contributed by atoms with E-state index in [1.165, 1.54) is 4.90 Å². The van der Waals surface area contributed by atoms with Crippen molar-refractivity contribution in [1.82, 2.24) is 4.90 Å². The number of nitrogens with zero attached hydrogens (tertiary/aromatic N) is 1. The maximum Gasteiger partial charge on any atom is 0.313 e. The van der Waals surface area contributed by atoms with Gasteiger partial charge in [0.1, 0.15) is 0 Å². The summed E-state index contributed by atoms with van der Waals surface area (Å²) < 4.78 is 141. The lowest BCUT2D eigenvalue weighted by Crippen LogP contribution is -2.33. The molecule has 1 aliphatic rings. The quantitative estimate of drug-likeness (QED) is 0.0180. The van der Waals surface area contributed by atoms with Crippen LogP contribution in [-0.2, 0) is 66.4 Å². The summed E-state index contributed by atoms with van der Waals surface area (Å²) in [4.78, 5) is 37.5. The largest absolute Gasteiger partial charge is 0.420 e. The first-order valence-electron chi connectivity index (χ1n) is 21.4. The van der Waals surface area contributed by atoms with Gasteiger partial charge in [-0.15, -0.1) is 0 Å². The van der Waals surface area contributed by atoms with Crippen LogP contribution >= 0.6 is 0 Å². The number of hydrogen-bond acceptors (Lipinski definition) is 17. The molecule has 18 nitrogen and oxygen atoms in total. The molecule has 2 aromatic carbocycles. The molecule has 0 N–H and O–H groups in total. The molecule has 0 spiro atoms. The van der Waals surface area contributed by atoms with E-state index >= 15 is 0 Å². The van der Waals surface area contributed by atoms with Crippen molar-refractivity contribution >= 4 is 17.8 Å². The van der Waals surface area contributed by atoms with Gasteiger partial charge < -0.3 is 66.3 Å². The number of carbonyl (C=O) groups is 3. The lowest BCUT2D eigenvalue weighted by atomic mass is 10.1. The van der Waals surface area contributed by atoms with Crippen molar-refractivity contribution in [1.29, 1.82) is 0 Å². The maximum absolute atomic E-state index is 13.6. The number of carbonyl (C=O) groups excluding carboxylic acids is 3. The fraction of sp³-hybridized carbons (Fsp3) is 0.651. The van der Waals surface area contributed by atoms with Crippen molar-refractivity contribution in [3.63, 3.8) is 0 Å². The highest BCUT2D eigenvalue weighted by Gasteiger charge is 2.34. The van der Waals surface area contributed by atoms with E-state index in [1.54, 1.807) is 24.3 Å². The smallest absolute Gasteiger partial charge is 0.313 e. The Hall–Kier alpha value is -3.82. The fourth-order valence-corrected chi connectivity index (χ4v) is 5.33. The predicted octanol–water partition coefficient (Wildman–Crippen LogP) is 3.19. The molecule has 0 unspecified atom stereocenters. The normalized spacial score (nSPS) is 12.5. The molecule has 23 heteroatoms. The summed E-state index contributed by atoms with van der Waals surface area (Å²) in [5.74, 6) is -14.8. The number of rotatable bonds is 43. The second kappa shape index (κ2) is 36.3. The minimum absolute atomic E-state index is 0.0702. The van der Waals surface area contributed by atoms with Crippen LogP contribution in [0, 0.1) is 29.1 Å². The molecule has 2 aromatic rings. The standard InChI is InChI=1S/C43H60F5NO17/c44-36-37(45)39(47)41(40(48)38(36)46)66-35(50)5-7-53-9-11-55-13-15-57-17-19-59-21-23-61-25-27-63-29-31-65-32-30-64-28-26-62-24-22-60-20-18-58-16-14-56-12-10-54-8-6-49-42(51)33-3-1-2-4-34(33)43(49)52/h1-4H,5-32H2. The van der Waals surface area contributed by atoms with Crippen LogP contribution in [0.3, 0.4) is 0 Å². The molecule has 3 rings (SSSR count). The maximum atomic E-state index is 13.6. The van der Waals surface area contributed by atoms with Crippen molar-refractivity contribution in [2.24, 2.45) is 0 Å². The summed E-state index contributed by atoms with van der Waals surface area (Å²) in [6.07, 6.45) is -0.496. The summed E-state index contributed by atoms with van der Waals surface area (Å²) >= 11 is 0. The van der Waals surface area contributed by atoms with Crippen LogP contribution in [0.5, 0.6) is 5.75 Å². The lowest BCUT2D eigenvalue weighted by molar-refractivity contribution is -0.136. The average Bonchev–Trinajstić information content (AvgIpc) is 3.56. The zero-order chi connectivity index (χ0) is 47.5. The zero-order valence-electron chi connectivity index (χ0n) is 36.9. The first-order valence-corrected chi connectivity index (χ1v) is 21.4. The Balaban J connectivity index is 0.911. The van der Waals surface area contributed by atoms with E-state index in [1.807, 2.05) is 0 Å². The number of halogens is 5. The molecular weight excluding hydrogens is 897 g/mol. The Bertz CT molecular complexity index is 1600. The molecule has 0 aliphatic carbocycles. The van der Waals surface area contributed by atoms with Crippen molar-refractivity contribution in [3.8, 4) is 5.75 Å². The molecule has 0 aromatic heterocycles. The van der Waals surface area contributed by atoms with Gasteiger partial charge in [0, 0.05) is 0 Å². The third kappa shape index (κ3) is 23.3. The predicted molar refractivity (Wildman–Crippen MR) is 219 cm³/mol. The SMILES string of the molecule is O=C(CCOCCOCCOCCOCCOCCOCCOCCOCCOCCOCCOCCOCCOCCN1C(=O)c2ccccc2C1=O)Oc1c(F)c(F)c(F)c(F)c1F. The first-order chi connectivity index (χ1) is 32.2. The highest BCUT2D eigenvalue weighted by Crippen LogP contribution is 2.29. The number of fused-ring (bicyclic) bond motifs is 1. The zero-order valence-corrected chi connectivity index (χ0v) is 36.9. The van der Waals surface area contributed by atoms with Gasteiger partial charge in [0.25, 0.3) is 11.8 Å². The molecule has 374 valence electrons. The van der Waals surface area contributed by atoms with Crippen LogP contribution in [0.4, 0.5) is 22.0 Å². The van der Waals surface area contributed by atoms with Gasteiger partial charge in [-0.3, -0.25) is 19.3 Å². The van der Waals surface area contributed by atoms with Gasteiger partial charge >= 0.3 is 5.97 Å². The molecule has 0 fully saturated rings. The van der Waals surface area contributed by atoms with Gasteiger partial charge in [-0.1, -0.05) is 12.1 Å². The van der Waals surface area contributed by atoms with E-state index in [-0.39, 0.29) is 51.4 Å². The van der Waals surface area contributed by atoms with Gasteiger partial charge in [-0.25, -0.2) is 13.2 Å². The first kappa shape index (κ1) is 56.5.